The lowest BCUT2D eigenvalue weighted by Gasteiger charge is -2.38. The zero-order valence-electron chi connectivity index (χ0n) is 21.7. The van der Waals surface area contributed by atoms with Crippen molar-refractivity contribution in [3.63, 3.8) is 0 Å². The molecule has 194 valence electrons. The van der Waals surface area contributed by atoms with Gasteiger partial charge in [-0.25, -0.2) is 4.79 Å². The summed E-state index contributed by atoms with van der Waals surface area (Å²) in [7, 11) is 1.91. The number of imide groups is 1. The lowest BCUT2D eigenvalue weighted by molar-refractivity contribution is -0.134. The van der Waals surface area contributed by atoms with Crippen LogP contribution in [0.25, 0.3) is 10.9 Å². The van der Waals surface area contributed by atoms with Crippen LogP contribution in [-0.4, -0.2) is 57.3 Å². The van der Waals surface area contributed by atoms with Crippen molar-refractivity contribution in [1.82, 2.24) is 20.0 Å². The van der Waals surface area contributed by atoms with Crippen LogP contribution in [-0.2, 0) is 21.4 Å². The summed E-state index contributed by atoms with van der Waals surface area (Å²) in [5.74, 6) is -0.893. The van der Waals surface area contributed by atoms with E-state index in [9.17, 15) is 14.4 Å². The first kappa shape index (κ1) is 24.6. The Morgan fingerprint density at radius 2 is 1.92 bits per heavy atom. The molecule has 3 fully saturated rings. The number of nitrogens with zero attached hydrogens (tertiary/aromatic N) is 3. The van der Waals surface area contributed by atoms with Crippen molar-refractivity contribution < 1.29 is 19.1 Å². The number of para-hydroxylation sites is 1. The lowest BCUT2D eigenvalue weighted by atomic mass is 9.72. The maximum Gasteiger partial charge on any atom is 0.410 e. The fraction of sp³-hybridized carbons (Fsp3) is 0.630. The van der Waals surface area contributed by atoms with Gasteiger partial charge in [0, 0.05) is 38.0 Å². The van der Waals surface area contributed by atoms with Crippen LogP contribution in [0.3, 0.4) is 0 Å². The zero-order valence-corrected chi connectivity index (χ0v) is 21.7. The third-order valence-electron chi connectivity index (χ3n) is 7.96. The Labute approximate surface area is 211 Å². The Kier molecular flexibility index (Phi) is 6.21. The van der Waals surface area contributed by atoms with Gasteiger partial charge in [-0.1, -0.05) is 12.1 Å². The number of piperidine rings is 1. The highest BCUT2D eigenvalue weighted by Gasteiger charge is 2.43. The molecule has 9 nitrogen and oxygen atoms in total. The summed E-state index contributed by atoms with van der Waals surface area (Å²) in [6.45, 7) is 7.27. The van der Waals surface area contributed by atoms with Gasteiger partial charge in [0.1, 0.15) is 5.60 Å². The Bertz CT molecular complexity index is 1190. The molecule has 0 radical (unpaired) electrons. The minimum Gasteiger partial charge on any atom is -0.444 e. The Morgan fingerprint density at radius 3 is 2.61 bits per heavy atom. The second kappa shape index (κ2) is 9.09. The number of aryl methyl sites for hydroxylation is 1. The van der Waals surface area contributed by atoms with E-state index < -0.39 is 11.5 Å². The minimum absolute atomic E-state index is 0.187. The number of rotatable bonds is 3. The first-order chi connectivity index (χ1) is 17.0. The molecule has 2 N–H and O–H groups in total. The number of amides is 3. The number of hydrogen-bond acceptors (Lipinski definition) is 6. The molecule has 1 atom stereocenters. The van der Waals surface area contributed by atoms with Gasteiger partial charge in [0.15, 0.2) is 0 Å². The second-order valence-electron chi connectivity index (χ2n) is 11.8. The summed E-state index contributed by atoms with van der Waals surface area (Å²) in [5, 5.41) is 11.9. The molecule has 1 aromatic heterocycles. The fourth-order valence-corrected chi connectivity index (χ4v) is 6.11. The van der Waals surface area contributed by atoms with Crippen LogP contribution in [0.4, 0.5) is 10.5 Å². The van der Waals surface area contributed by atoms with Crippen molar-refractivity contribution in [1.29, 1.82) is 0 Å². The van der Waals surface area contributed by atoms with Crippen LogP contribution in [0.5, 0.6) is 0 Å². The van der Waals surface area contributed by atoms with Gasteiger partial charge in [-0.05, 0) is 70.8 Å². The summed E-state index contributed by atoms with van der Waals surface area (Å²) in [6.07, 6.45) is 5.88. The number of ether oxygens (including phenoxy) is 1. The molecule has 1 aliphatic carbocycles. The first-order valence-corrected chi connectivity index (χ1v) is 13.1. The van der Waals surface area contributed by atoms with Crippen molar-refractivity contribution in [3.8, 4) is 0 Å². The number of anilines is 1. The molecule has 1 spiro atoms. The molecule has 1 unspecified atom stereocenters. The first-order valence-electron chi connectivity index (χ1n) is 13.1. The van der Waals surface area contributed by atoms with E-state index in [2.05, 4.69) is 16.7 Å². The normalized spacial score (nSPS) is 26.9. The molecule has 9 heteroatoms. The summed E-state index contributed by atoms with van der Waals surface area (Å²) in [4.78, 5) is 38.5. The van der Waals surface area contributed by atoms with Crippen molar-refractivity contribution in [2.24, 2.45) is 12.5 Å². The smallest absolute Gasteiger partial charge is 0.410 e. The number of nitrogens with one attached hydrogen (secondary N) is 2. The molecular formula is C27H37N5O4. The average Bonchev–Trinajstić information content (AvgIpc) is 3.37. The van der Waals surface area contributed by atoms with Crippen molar-refractivity contribution in [2.75, 3.05) is 18.4 Å². The topological polar surface area (TPSA) is 106 Å². The summed E-state index contributed by atoms with van der Waals surface area (Å²) < 4.78 is 7.43. The van der Waals surface area contributed by atoms with Gasteiger partial charge >= 0.3 is 6.09 Å². The Balaban J connectivity index is 1.26. The van der Waals surface area contributed by atoms with Crippen LogP contribution in [0.1, 0.15) is 77.3 Å². The molecule has 2 aromatic rings. The average molecular weight is 496 g/mol. The number of fused-ring (bicyclic) bond motifs is 1. The van der Waals surface area contributed by atoms with Crippen LogP contribution in [0.2, 0.25) is 0 Å². The molecular weight excluding hydrogens is 458 g/mol. The van der Waals surface area contributed by atoms with Crippen LogP contribution < -0.4 is 10.6 Å². The predicted molar refractivity (Wildman–Crippen MR) is 137 cm³/mol. The van der Waals surface area contributed by atoms with E-state index >= 15 is 0 Å². The van der Waals surface area contributed by atoms with E-state index in [1.54, 1.807) is 0 Å². The van der Waals surface area contributed by atoms with Crippen LogP contribution in [0, 0.1) is 5.41 Å². The fourth-order valence-electron chi connectivity index (χ4n) is 6.11. The molecule has 2 saturated heterocycles. The van der Waals surface area contributed by atoms with Gasteiger partial charge in [-0.2, -0.15) is 5.10 Å². The molecule has 3 aliphatic rings. The number of likely N-dealkylation sites (tertiary alicyclic amines) is 1. The number of carbonyl (C=O) groups excluding carboxylic acids is 3. The molecule has 5 rings (SSSR count). The van der Waals surface area contributed by atoms with Crippen molar-refractivity contribution in [3.05, 3.63) is 23.9 Å². The molecule has 2 aliphatic heterocycles. The van der Waals surface area contributed by atoms with E-state index in [4.69, 9.17) is 9.84 Å². The van der Waals surface area contributed by atoms with Gasteiger partial charge in [-0.15, -0.1) is 0 Å². The SMILES string of the molecule is Cn1nc(C2CCC(=O)NC2=O)c2cccc(NC3CCC4(CC3)CCN(C(=O)OC(C)(C)C)C4)c21. The maximum atomic E-state index is 12.5. The van der Waals surface area contributed by atoms with Crippen LogP contribution in [0.15, 0.2) is 18.2 Å². The molecule has 0 bridgehead atoms. The van der Waals surface area contributed by atoms with E-state index in [1.165, 1.54) is 0 Å². The second-order valence-corrected chi connectivity index (χ2v) is 11.8. The van der Waals surface area contributed by atoms with Gasteiger partial charge in [0.25, 0.3) is 0 Å². The summed E-state index contributed by atoms with van der Waals surface area (Å²) in [5.41, 5.74) is 2.45. The third kappa shape index (κ3) is 4.80. The van der Waals surface area contributed by atoms with Crippen molar-refractivity contribution in [2.45, 2.75) is 83.3 Å². The molecule has 36 heavy (non-hydrogen) atoms. The highest BCUT2D eigenvalue weighted by molar-refractivity contribution is 6.03. The summed E-state index contributed by atoms with van der Waals surface area (Å²) >= 11 is 0. The van der Waals surface area contributed by atoms with Gasteiger partial charge in [0.2, 0.25) is 11.8 Å². The highest BCUT2D eigenvalue weighted by atomic mass is 16.6. The predicted octanol–water partition coefficient (Wildman–Crippen LogP) is 4.08. The number of benzene rings is 1. The quantitative estimate of drug-likeness (QED) is 0.622. The number of carbonyl (C=O) groups is 3. The molecule has 1 aromatic carbocycles. The summed E-state index contributed by atoms with van der Waals surface area (Å²) in [6, 6.07) is 6.42. The van der Waals surface area contributed by atoms with E-state index in [0.29, 0.717) is 18.9 Å². The molecule has 3 amide bonds. The number of hydrogen-bond donors (Lipinski definition) is 2. The third-order valence-corrected chi connectivity index (χ3v) is 7.96. The number of aromatic nitrogens is 2. The minimum atomic E-state index is -0.473. The standard InChI is InChI=1S/C27H37N5O4/c1-26(2,3)36-25(35)32-15-14-27(16-32)12-10-17(11-13-27)28-20-7-5-6-18-22(30-31(4)23(18)20)19-8-9-21(33)29-24(19)34/h5-7,17,19,28H,8-16H2,1-4H3,(H,29,33,34). The van der Waals surface area contributed by atoms with Gasteiger partial charge < -0.3 is 15.0 Å². The van der Waals surface area contributed by atoms with Crippen LogP contribution >= 0.6 is 0 Å². The molecule has 1 saturated carbocycles. The monoisotopic (exact) mass is 495 g/mol. The van der Waals surface area contributed by atoms with Gasteiger partial charge in [-0.3, -0.25) is 19.6 Å². The lowest BCUT2D eigenvalue weighted by Crippen LogP contribution is -2.39. The van der Waals surface area contributed by atoms with Crippen molar-refractivity contribution >= 4 is 34.5 Å². The van der Waals surface area contributed by atoms with E-state index in [-0.39, 0.29) is 23.3 Å². The zero-order chi connectivity index (χ0) is 25.7. The van der Waals surface area contributed by atoms with E-state index in [0.717, 1.165) is 67.5 Å². The highest BCUT2D eigenvalue weighted by Crippen LogP contribution is 2.45. The maximum absolute atomic E-state index is 12.5. The largest absolute Gasteiger partial charge is 0.444 e. The molecule has 3 heterocycles. The van der Waals surface area contributed by atoms with E-state index in [1.807, 2.05) is 49.5 Å². The van der Waals surface area contributed by atoms with Gasteiger partial charge in [0.05, 0.1) is 22.8 Å². The Hall–Kier alpha value is -3.10. The Morgan fingerprint density at radius 1 is 1.17 bits per heavy atom.